The molecule has 0 atom stereocenters. The zero-order valence-corrected chi connectivity index (χ0v) is 9.95. The summed E-state index contributed by atoms with van der Waals surface area (Å²) in [5.74, 6) is -0.385. The molecule has 1 aromatic heterocycles. The Balaban J connectivity index is 2.25. The molecule has 1 aliphatic heterocycles. The third-order valence-corrected chi connectivity index (χ3v) is 4.31. The summed E-state index contributed by atoms with van der Waals surface area (Å²) >= 11 is 0. The van der Waals surface area contributed by atoms with E-state index >= 15 is 0 Å². The van der Waals surface area contributed by atoms with Crippen LogP contribution in [0.5, 0.6) is 0 Å². The maximum Gasteiger partial charge on any atom is 0.222 e. The lowest BCUT2D eigenvalue weighted by molar-refractivity contribution is 0.596. The number of halogens is 1. The third-order valence-electron chi connectivity index (χ3n) is 2.60. The monoisotopic (exact) mass is 260 g/mol. The van der Waals surface area contributed by atoms with Crippen LogP contribution < -0.4 is 10.6 Å². The van der Waals surface area contributed by atoms with Gasteiger partial charge in [-0.05, 0) is 6.42 Å². The van der Waals surface area contributed by atoms with Gasteiger partial charge in [0.05, 0.1) is 17.7 Å². The van der Waals surface area contributed by atoms with Gasteiger partial charge in [0.1, 0.15) is 0 Å². The van der Waals surface area contributed by atoms with Crippen molar-refractivity contribution in [3.05, 3.63) is 12.0 Å². The van der Waals surface area contributed by atoms with Crippen molar-refractivity contribution < 1.29 is 12.8 Å². The van der Waals surface area contributed by atoms with Gasteiger partial charge in [0, 0.05) is 13.1 Å². The van der Waals surface area contributed by atoms with Gasteiger partial charge in [-0.2, -0.15) is 4.98 Å². The summed E-state index contributed by atoms with van der Waals surface area (Å²) in [5, 5.41) is 0. The molecular formula is C9H13FN4O2S. The van der Waals surface area contributed by atoms with Gasteiger partial charge in [-0.15, -0.1) is 0 Å². The molecule has 2 heterocycles. The van der Waals surface area contributed by atoms with Gasteiger partial charge in [0.15, 0.2) is 21.5 Å². The molecule has 2 N–H and O–H groups in total. The minimum atomic E-state index is -3.02. The Labute approximate surface area is 98.6 Å². The van der Waals surface area contributed by atoms with Crippen molar-refractivity contribution >= 4 is 21.6 Å². The molecule has 2 rings (SSSR count). The average Bonchev–Trinajstić information content (AvgIpc) is 2.43. The molecule has 17 heavy (non-hydrogen) atoms. The molecule has 0 spiro atoms. The SMILES string of the molecule is Nc1ncc(F)c(N2CCCS(=O)(=O)CC2)n1. The van der Waals surface area contributed by atoms with Crippen LogP contribution in [0.25, 0.3) is 0 Å². The number of hydrogen-bond acceptors (Lipinski definition) is 6. The smallest absolute Gasteiger partial charge is 0.222 e. The van der Waals surface area contributed by atoms with E-state index in [0.29, 0.717) is 13.0 Å². The highest BCUT2D eigenvalue weighted by atomic mass is 32.2. The van der Waals surface area contributed by atoms with Crippen LogP contribution in [-0.4, -0.2) is 43.0 Å². The molecule has 0 unspecified atom stereocenters. The van der Waals surface area contributed by atoms with E-state index in [0.717, 1.165) is 6.20 Å². The molecule has 0 amide bonds. The minimum absolute atomic E-state index is 0.0103. The predicted molar refractivity (Wildman–Crippen MR) is 61.9 cm³/mol. The number of rotatable bonds is 1. The summed E-state index contributed by atoms with van der Waals surface area (Å²) in [6.07, 6.45) is 1.46. The Morgan fingerprint density at radius 2 is 2.12 bits per heavy atom. The van der Waals surface area contributed by atoms with E-state index in [1.165, 1.54) is 0 Å². The van der Waals surface area contributed by atoms with Crippen molar-refractivity contribution in [2.45, 2.75) is 6.42 Å². The van der Waals surface area contributed by atoms with Crippen LogP contribution in [0.1, 0.15) is 6.42 Å². The molecule has 1 saturated heterocycles. The average molecular weight is 260 g/mol. The first-order valence-corrected chi connectivity index (χ1v) is 7.03. The molecule has 94 valence electrons. The van der Waals surface area contributed by atoms with Crippen molar-refractivity contribution in [2.75, 3.05) is 35.2 Å². The minimum Gasteiger partial charge on any atom is -0.368 e. The van der Waals surface area contributed by atoms with E-state index < -0.39 is 15.7 Å². The summed E-state index contributed by atoms with van der Waals surface area (Å²) < 4.78 is 36.4. The molecule has 0 bridgehead atoms. The number of aromatic nitrogens is 2. The zero-order valence-electron chi connectivity index (χ0n) is 9.13. The number of sulfone groups is 1. The number of anilines is 2. The van der Waals surface area contributed by atoms with Crippen molar-refractivity contribution in [3.63, 3.8) is 0 Å². The number of nitrogens with zero attached hydrogens (tertiary/aromatic N) is 3. The normalized spacial score (nSPS) is 19.9. The first-order valence-electron chi connectivity index (χ1n) is 5.21. The van der Waals surface area contributed by atoms with Crippen molar-refractivity contribution in [1.29, 1.82) is 0 Å². The highest BCUT2D eigenvalue weighted by Crippen LogP contribution is 2.18. The quantitative estimate of drug-likeness (QED) is 0.753. The summed E-state index contributed by atoms with van der Waals surface area (Å²) in [6, 6.07) is 0. The van der Waals surface area contributed by atoms with Gasteiger partial charge in [-0.25, -0.2) is 17.8 Å². The Morgan fingerprint density at radius 1 is 1.35 bits per heavy atom. The maximum absolute atomic E-state index is 13.5. The van der Waals surface area contributed by atoms with E-state index in [2.05, 4.69) is 9.97 Å². The standard InChI is InChI=1S/C9H13FN4O2S/c10-7-6-12-9(11)13-8(7)14-2-1-4-17(15,16)5-3-14/h6H,1-5H2,(H2,11,12,13). The number of hydrogen-bond donors (Lipinski definition) is 1. The number of nitrogens with two attached hydrogens (primary N) is 1. The van der Waals surface area contributed by atoms with Gasteiger partial charge < -0.3 is 10.6 Å². The molecule has 1 fully saturated rings. The predicted octanol–water partition coefficient (Wildman–Crippen LogP) is -0.177. The van der Waals surface area contributed by atoms with Gasteiger partial charge in [0.2, 0.25) is 5.95 Å². The van der Waals surface area contributed by atoms with Crippen LogP contribution in [0, 0.1) is 5.82 Å². The van der Waals surface area contributed by atoms with E-state index in [-0.39, 0.29) is 29.8 Å². The zero-order chi connectivity index (χ0) is 12.5. The maximum atomic E-state index is 13.5. The lowest BCUT2D eigenvalue weighted by Gasteiger charge is -2.20. The topological polar surface area (TPSA) is 89.2 Å². The van der Waals surface area contributed by atoms with Crippen LogP contribution in [0.4, 0.5) is 16.2 Å². The molecule has 1 aromatic rings. The van der Waals surface area contributed by atoms with E-state index in [1.807, 2.05) is 0 Å². The Hall–Kier alpha value is -1.44. The summed E-state index contributed by atoms with van der Waals surface area (Å²) in [6.45, 7) is 0.683. The summed E-state index contributed by atoms with van der Waals surface area (Å²) in [4.78, 5) is 8.94. The fourth-order valence-electron chi connectivity index (χ4n) is 1.74. The Kier molecular flexibility index (Phi) is 3.14. The van der Waals surface area contributed by atoms with Gasteiger partial charge in [0.25, 0.3) is 0 Å². The second-order valence-electron chi connectivity index (χ2n) is 3.89. The third kappa shape index (κ3) is 2.82. The van der Waals surface area contributed by atoms with Crippen LogP contribution in [0.2, 0.25) is 0 Å². The lowest BCUT2D eigenvalue weighted by Crippen LogP contribution is -2.28. The summed E-state index contributed by atoms with van der Waals surface area (Å²) in [5.41, 5.74) is 5.39. The largest absolute Gasteiger partial charge is 0.368 e. The molecular weight excluding hydrogens is 247 g/mol. The van der Waals surface area contributed by atoms with Crippen molar-refractivity contribution in [2.24, 2.45) is 0 Å². The van der Waals surface area contributed by atoms with Gasteiger partial charge in [-0.3, -0.25) is 0 Å². The Morgan fingerprint density at radius 3 is 2.88 bits per heavy atom. The highest BCUT2D eigenvalue weighted by Gasteiger charge is 2.22. The fraction of sp³-hybridized carbons (Fsp3) is 0.556. The van der Waals surface area contributed by atoms with Gasteiger partial charge in [-0.1, -0.05) is 0 Å². The molecule has 6 nitrogen and oxygen atoms in total. The first kappa shape index (κ1) is 12.0. The van der Waals surface area contributed by atoms with Crippen LogP contribution >= 0.6 is 0 Å². The second kappa shape index (κ2) is 4.44. The van der Waals surface area contributed by atoms with E-state index in [9.17, 15) is 12.8 Å². The molecule has 0 aromatic carbocycles. The second-order valence-corrected chi connectivity index (χ2v) is 6.20. The van der Waals surface area contributed by atoms with E-state index in [1.54, 1.807) is 4.90 Å². The first-order chi connectivity index (χ1) is 7.98. The molecule has 0 aliphatic carbocycles. The van der Waals surface area contributed by atoms with Crippen LogP contribution in [0.3, 0.4) is 0 Å². The van der Waals surface area contributed by atoms with Gasteiger partial charge >= 0.3 is 0 Å². The number of nitrogen functional groups attached to an aromatic ring is 1. The lowest BCUT2D eigenvalue weighted by atomic mass is 10.4. The molecule has 8 heteroatoms. The van der Waals surface area contributed by atoms with Crippen molar-refractivity contribution in [3.8, 4) is 0 Å². The van der Waals surface area contributed by atoms with E-state index in [4.69, 9.17) is 5.73 Å². The molecule has 1 aliphatic rings. The van der Waals surface area contributed by atoms with Crippen LogP contribution in [0.15, 0.2) is 6.20 Å². The highest BCUT2D eigenvalue weighted by molar-refractivity contribution is 7.91. The van der Waals surface area contributed by atoms with Crippen molar-refractivity contribution in [1.82, 2.24) is 9.97 Å². The molecule has 0 saturated carbocycles. The Bertz CT molecular complexity index is 520. The fourth-order valence-corrected chi connectivity index (χ4v) is 3.01. The van der Waals surface area contributed by atoms with Crippen LogP contribution in [-0.2, 0) is 9.84 Å². The molecule has 0 radical (unpaired) electrons. The summed E-state index contributed by atoms with van der Waals surface area (Å²) in [7, 11) is -3.02.